The summed E-state index contributed by atoms with van der Waals surface area (Å²) in [5, 5.41) is 10.7. The Balaban J connectivity index is 2.18. The van der Waals surface area contributed by atoms with Gasteiger partial charge >= 0.3 is 0 Å². The van der Waals surface area contributed by atoms with Gasteiger partial charge in [-0.1, -0.05) is 39.3 Å². The number of aliphatic hydroxyl groups is 1. The molecule has 1 aromatic rings. The third kappa shape index (κ3) is 2.73. The highest BCUT2D eigenvalue weighted by atomic mass is 19.2. The first kappa shape index (κ1) is 15.4. The molecule has 0 amide bonds. The van der Waals surface area contributed by atoms with Crippen LogP contribution in [0.5, 0.6) is 0 Å². The Morgan fingerprint density at radius 1 is 1.25 bits per heavy atom. The molecule has 1 nitrogen and oxygen atoms in total. The first-order valence-electron chi connectivity index (χ1n) is 7.47. The van der Waals surface area contributed by atoms with Crippen molar-refractivity contribution in [3.05, 3.63) is 35.4 Å². The summed E-state index contributed by atoms with van der Waals surface area (Å²) in [6.07, 6.45) is 3.80. The van der Waals surface area contributed by atoms with E-state index >= 15 is 0 Å². The van der Waals surface area contributed by atoms with Crippen LogP contribution < -0.4 is 0 Å². The lowest BCUT2D eigenvalue weighted by molar-refractivity contribution is -0.0356. The standard InChI is InChI=1S/C17H24F2O/c1-4-16(2,3)12-8-10-17(20,11-9-12)13-6-5-7-14(18)15(13)19/h5-7,12,20H,4,8-11H2,1-3H3. The zero-order valence-corrected chi connectivity index (χ0v) is 12.5. The highest BCUT2D eigenvalue weighted by Gasteiger charge is 2.41. The zero-order chi connectivity index (χ0) is 15.0. The molecule has 0 heterocycles. The minimum Gasteiger partial charge on any atom is -0.385 e. The fourth-order valence-corrected chi connectivity index (χ4v) is 3.30. The number of rotatable bonds is 3. The van der Waals surface area contributed by atoms with Crippen molar-refractivity contribution in [3.8, 4) is 0 Å². The second kappa shape index (κ2) is 5.44. The quantitative estimate of drug-likeness (QED) is 0.846. The molecule has 0 atom stereocenters. The molecule has 1 fully saturated rings. The van der Waals surface area contributed by atoms with Gasteiger partial charge in [-0.05, 0) is 43.1 Å². The summed E-state index contributed by atoms with van der Waals surface area (Å²) in [4.78, 5) is 0. The van der Waals surface area contributed by atoms with E-state index in [1.54, 1.807) is 0 Å². The van der Waals surface area contributed by atoms with Crippen LogP contribution in [-0.2, 0) is 5.60 Å². The van der Waals surface area contributed by atoms with Gasteiger partial charge in [-0.3, -0.25) is 0 Å². The average Bonchev–Trinajstić information content (AvgIpc) is 2.42. The van der Waals surface area contributed by atoms with Crippen molar-refractivity contribution in [2.45, 2.75) is 58.5 Å². The number of benzene rings is 1. The van der Waals surface area contributed by atoms with Crippen molar-refractivity contribution in [2.75, 3.05) is 0 Å². The molecule has 0 spiro atoms. The summed E-state index contributed by atoms with van der Waals surface area (Å²) in [5.41, 5.74) is -0.862. The van der Waals surface area contributed by atoms with Gasteiger partial charge in [0.15, 0.2) is 11.6 Å². The fraction of sp³-hybridized carbons (Fsp3) is 0.647. The third-order valence-electron chi connectivity index (χ3n) is 5.28. The Bertz CT molecular complexity index is 474. The Morgan fingerprint density at radius 3 is 2.40 bits per heavy atom. The number of halogens is 2. The Kier molecular flexibility index (Phi) is 4.19. The summed E-state index contributed by atoms with van der Waals surface area (Å²) in [5.74, 6) is -1.25. The lowest BCUT2D eigenvalue weighted by Crippen LogP contribution is -2.37. The minimum atomic E-state index is -1.22. The van der Waals surface area contributed by atoms with Crippen LogP contribution in [0, 0.1) is 23.0 Å². The summed E-state index contributed by atoms with van der Waals surface area (Å²) < 4.78 is 27.2. The molecule has 0 aromatic heterocycles. The molecular formula is C17H24F2O. The Hall–Kier alpha value is -0.960. The van der Waals surface area contributed by atoms with Crippen LogP contribution in [0.2, 0.25) is 0 Å². The fourth-order valence-electron chi connectivity index (χ4n) is 3.30. The van der Waals surface area contributed by atoms with E-state index in [9.17, 15) is 13.9 Å². The van der Waals surface area contributed by atoms with Crippen LogP contribution >= 0.6 is 0 Å². The third-order valence-corrected chi connectivity index (χ3v) is 5.28. The van der Waals surface area contributed by atoms with E-state index in [2.05, 4.69) is 20.8 Å². The van der Waals surface area contributed by atoms with Crippen LogP contribution in [0.15, 0.2) is 18.2 Å². The van der Waals surface area contributed by atoms with Crippen molar-refractivity contribution >= 4 is 0 Å². The minimum absolute atomic E-state index is 0.116. The van der Waals surface area contributed by atoms with E-state index in [4.69, 9.17) is 0 Å². The van der Waals surface area contributed by atoms with Crippen molar-refractivity contribution in [3.63, 3.8) is 0 Å². The predicted molar refractivity (Wildman–Crippen MR) is 76.3 cm³/mol. The lowest BCUT2D eigenvalue weighted by Gasteiger charge is -2.42. The van der Waals surface area contributed by atoms with E-state index in [0.29, 0.717) is 18.8 Å². The van der Waals surface area contributed by atoms with Gasteiger partial charge in [-0.2, -0.15) is 0 Å². The average molecular weight is 282 g/mol. The molecule has 1 N–H and O–H groups in total. The largest absolute Gasteiger partial charge is 0.385 e. The van der Waals surface area contributed by atoms with Crippen molar-refractivity contribution in [2.24, 2.45) is 11.3 Å². The van der Waals surface area contributed by atoms with Gasteiger partial charge in [-0.25, -0.2) is 8.78 Å². The van der Waals surface area contributed by atoms with Gasteiger partial charge < -0.3 is 5.11 Å². The van der Waals surface area contributed by atoms with Crippen molar-refractivity contribution < 1.29 is 13.9 Å². The van der Waals surface area contributed by atoms with Crippen LogP contribution in [0.3, 0.4) is 0 Å². The van der Waals surface area contributed by atoms with E-state index < -0.39 is 17.2 Å². The maximum atomic E-state index is 13.9. The van der Waals surface area contributed by atoms with Crippen LogP contribution in [0.4, 0.5) is 8.78 Å². The topological polar surface area (TPSA) is 20.2 Å². The molecule has 1 saturated carbocycles. The Labute approximate surface area is 120 Å². The molecule has 0 bridgehead atoms. The van der Waals surface area contributed by atoms with E-state index in [0.717, 1.165) is 25.3 Å². The number of hydrogen-bond donors (Lipinski definition) is 1. The predicted octanol–water partition coefficient (Wildman–Crippen LogP) is 4.78. The van der Waals surface area contributed by atoms with Crippen LogP contribution in [0.25, 0.3) is 0 Å². The van der Waals surface area contributed by atoms with Crippen LogP contribution in [0.1, 0.15) is 58.4 Å². The SMILES string of the molecule is CCC(C)(C)C1CCC(O)(c2cccc(F)c2F)CC1. The molecule has 0 radical (unpaired) electrons. The molecule has 1 aliphatic carbocycles. The van der Waals surface area contributed by atoms with E-state index in [1.165, 1.54) is 12.1 Å². The maximum absolute atomic E-state index is 13.9. The second-order valence-electron chi connectivity index (χ2n) is 6.75. The first-order chi connectivity index (χ1) is 9.30. The molecule has 3 heteroatoms. The van der Waals surface area contributed by atoms with E-state index in [1.807, 2.05) is 0 Å². The van der Waals surface area contributed by atoms with Gasteiger partial charge in [-0.15, -0.1) is 0 Å². The first-order valence-corrected chi connectivity index (χ1v) is 7.47. The molecule has 112 valence electrons. The van der Waals surface area contributed by atoms with Gasteiger partial charge in [0.25, 0.3) is 0 Å². The molecule has 1 aliphatic rings. The smallest absolute Gasteiger partial charge is 0.164 e. The van der Waals surface area contributed by atoms with Crippen molar-refractivity contribution in [1.29, 1.82) is 0 Å². The summed E-state index contributed by atoms with van der Waals surface area (Å²) in [7, 11) is 0. The molecule has 0 aliphatic heterocycles. The maximum Gasteiger partial charge on any atom is 0.164 e. The second-order valence-corrected chi connectivity index (χ2v) is 6.75. The molecule has 20 heavy (non-hydrogen) atoms. The summed E-state index contributed by atoms with van der Waals surface area (Å²) in [6.45, 7) is 6.66. The monoisotopic (exact) mass is 282 g/mol. The van der Waals surface area contributed by atoms with Gasteiger partial charge in [0, 0.05) is 5.56 Å². The molecular weight excluding hydrogens is 258 g/mol. The molecule has 1 aromatic carbocycles. The van der Waals surface area contributed by atoms with Crippen molar-refractivity contribution in [1.82, 2.24) is 0 Å². The van der Waals surface area contributed by atoms with Gasteiger partial charge in [0.1, 0.15) is 0 Å². The van der Waals surface area contributed by atoms with E-state index in [-0.39, 0.29) is 11.0 Å². The normalized spacial score (nSPS) is 27.6. The van der Waals surface area contributed by atoms with Gasteiger partial charge in [0.2, 0.25) is 0 Å². The number of hydrogen-bond acceptors (Lipinski definition) is 1. The summed E-state index contributed by atoms with van der Waals surface area (Å²) >= 11 is 0. The molecule has 2 rings (SSSR count). The van der Waals surface area contributed by atoms with Gasteiger partial charge in [0.05, 0.1) is 5.60 Å². The lowest BCUT2D eigenvalue weighted by atomic mass is 9.65. The molecule has 0 unspecified atom stereocenters. The highest BCUT2D eigenvalue weighted by Crippen LogP contribution is 2.47. The highest BCUT2D eigenvalue weighted by molar-refractivity contribution is 5.26. The molecule has 0 saturated heterocycles. The zero-order valence-electron chi connectivity index (χ0n) is 12.5. The Morgan fingerprint density at radius 2 is 1.85 bits per heavy atom. The summed E-state index contributed by atoms with van der Waals surface area (Å²) in [6, 6.07) is 4.06. The van der Waals surface area contributed by atoms with Crippen LogP contribution in [-0.4, -0.2) is 5.11 Å².